The first-order chi connectivity index (χ1) is 14.8. The predicted octanol–water partition coefficient (Wildman–Crippen LogP) is 6.63. The van der Waals surface area contributed by atoms with Gasteiger partial charge in [0.05, 0.1) is 18.0 Å². The maximum atomic E-state index is 14.3. The number of fused-ring (bicyclic) bond motifs is 1. The number of halogens is 1. The summed E-state index contributed by atoms with van der Waals surface area (Å²) < 4.78 is 20.3. The van der Waals surface area contributed by atoms with Crippen molar-refractivity contribution in [2.75, 3.05) is 18.6 Å². The van der Waals surface area contributed by atoms with Crippen LogP contribution in [-0.2, 0) is 0 Å². The molecule has 0 saturated carbocycles. The molecule has 3 rings (SSSR count). The van der Waals surface area contributed by atoms with Gasteiger partial charge in [-0.2, -0.15) is 0 Å². The van der Waals surface area contributed by atoms with E-state index >= 15 is 0 Å². The predicted molar refractivity (Wildman–Crippen MR) is 127 cm³/mol. The first kappa shape index (κ1) is 22.7. The Balaban J connectivity index is 1.85. The lowest BCUT2D eigenvalue weighted by atomic mass is 9.91. The maximum absolute atomic E-state index is 14.3. The fraction of sp³-hybridized carbons (Fsp3) is 0.385. The number of rotatable bonds is 5. The number of hydrogen-bond acceptors (Lipinski definition) is 3. The molecular formula is C26H32FN3O. The monoisotopic (exact) mass is 421 g/mol. The van der Waals surface area contributed by atoms with Crippen molar-refractivity contribution in [3.8, 4) is 5.75 Å². The van der Waals surface area contributed by atoms with Crippen molar-refractivity contribution in [2.45, 2.75) is 52.9 Å². The summed E-state index contributed by atoms with van der Waals surface area (Å²) in [7, 11) is 1.79. The van der Waals surface area contributed by atoms with Gasteiger partial charge in [-0.15, -0.1) is 0 Å². The van der Waals surface area contributed by atoms with E-state index in [1.807, 2.05) is 26.0 Å². The summed E-state index contributed by atoms with van der Waals surface area (Å²) in [4.78, 5) is 6.26. The topological polar surface area (TPSA) is 48.7 Å². The average molecular weight is 422 g/mol. The summed E-state index contributed by atoms with van der Waals surface area (Å²) in [6.45, 7) is 8.60. The van der Waals surface area contributed by atoms with Crippen LogP contribution in [-0.4, -0.2) is 25.2 Å². The van der Waals surface area contributed by atoms with Gasteiger partial charge in [-0.1, -0.05) is 26.0 Å². The summed E-state index contributed by atoms with van der Waals surface area (Å²) in [6.07, 6.45) is 4.49. The molecule has 0 fully saturated rings. The van der Waals surface area contributed by atoms with Gasteiger partial charge in [0, 0.05) is 25.2 Å². The van der Waals surface area contributed by atoms with Crippen LogP contribution < -0.4 is 9.64 Å². The standard InChI is InChI=1S/C26H32FN3O/c1-6-19(7-2)20-9-10-22-25(15-20)31-13-12-21(26(22)28)16-29-18(4)30(5)24-11-8-17(3)14-23(24)27/h8-11,14-16,19,28H,6-7,12-13H2,1-5H3/b21-16-,28-26?,29-18?. The molecule has 1 aliphatic rings. The van der Waals surface area contributed by atoms with Crippen LogP contribution in [0.1, 0.15) is 62.6 Å². The molecule has 1 heterocycles. The van der Waals surface area contributed by atoms with E-state index in [1.165, 1.54) is 11.6 Å². The lowest BCUT2D eigenvalue weighted by Crippen LogP contribution is -2.24. The Bertz CT molecular complexity index is 1020. The molecule has 164 valence electrons. The van der Waals surface area contributed by atoms with E-state index in [9.17, 15) is 4.39 Å². The Morgan fingerprint density at radius 3 is 2.65 bits per heavy atom. The minimum absolute atomic E-state index is 0.275. The van der Waals surface area contributed by atoms with Crippen molar-refractivity contribution in [1.82, 2.24) is 0 Å². The molecule has 2 aromatic carbocycles. The van der Waals surface area contributed by atoms with Gasteiger partial charge in [0.1, 0.15) is 17.4 Å². The summed E-state index contributed by atoms with van der Waals surface area (Å²) in [5.41, 5.74) is 4.66. The Kier molecular flexibility index (Phi) is 7.26. The van der Waals surface area contributed by atoms with Crippen LogP contribution in [0.3, 0.4) is 0 Å². The first-order valence-electron chi connectivity index (χ1n) is 10.9. The molecule has 0 unspecified atom stereocenters. The number of nitrogens with one attached hydrogen (secondary N) is 1. The highest BCUT2D eigenvalue weighted by molar-refractivity contribution is 6.12. The van der Waals surface area contributed by atoms with Crippen LogP contribution in [0.4, 0.5) is 10.1 Å². The van der Waals surface area contributed by atoms with Crippen LogP contribution in [0.25, 0.3) is 0 Å². The molecular weight excluding hydrogens is 389 g/mol. The number of amidine groups is 1. The maximum Gasteiger partial charge on any atom is 0.147 e. The molecule has 0 aliphatic carbocycles. The van der Waals surface area contributed by atoms with Gasteiger partial charge >= 0.3 is 0 Å². The van der Waals surface area contributed by atoms with Crippen molar-refractivity contribution >= 4 is 17.2 Å². The Morgan fingerprint density at radius 1 is 1.23 bits per heavy atom. The van der Waals surface area contributed by atoms with Gasteiger partial charge < -0.3 is 9.64 Å². The third kappa shape index (κ3) is 5.04. The molecule has 0 aromatic heterocycles. The van der Waals surface area contributed by atoms with E-state index in [-0.39, 0.29) is 5.82 Å². The van der Waals surface area contributed by atoms with Crippen molar-refractivity contribution < 1.29 is 9.13 Å². The molecule has 4 nitrogen and oxygen atoms in total. The van der Waals surface area contributed by atoms with E-state index in [0.717, 1.165) is 35.3 Å². The molecule has 1 aliphatic heterocycles. The quantitative estimate of drug-likeness (QED) is 0.435. The molecule has 31 heavy (non-hydrogen) atoms. The second-order valence-corrected chi connectivity index (χ2v) is 8.09. The van der Waals surface area contributed by atoms with E-state index in [0.29, 0.717) is 36.2 Å². The second kappa shape index (κ2) is 9.90. The molecule has 0 spiro atoms. The minimum atomic E-state index is -0.275. The largest absolute Gasteiger partial charge is 0.493 e. The number of aryl methyl sites for hydroxylation is 1. The number of benzene rings is 2. The normalized spacial score (nSPS) is 15.6. The van der Waals surface area contributed by atoms with E-state index in [1.54, 1.807) is 24.2 Å². The Labute approximate surface area is 185 Å². The van der Waals surface area contributed by atoms with E-state index in [2.05, 4.69) is 31.0 Å². The van der Waals surface area contributed by atoms with Crippen LogP contribution in [0.15, 0.2) is 53.2 Å². The third-order valence-corrected chi connectivity index (χ3v) is 6.04. The average Bonchev–Trinajstić information content (AvgIpc) is 2.91. The molecule has 5 heteroatoms. The van der Waals surface area contributed by atoms with Crippen molar-refractivity contribution in [3.63, 3.8) is 0 Å². The van der Waals surface area contributed by atoms with Gasteiger partial charge in [-0.05, 0) is 73.6 Å². The van der Waals surface area contributed by atoms with Crippen LogP contribution in [0.2, 0.25) is 0 Å². The van der Waals surface area contributed by atoms with Crippen molar-refractivity contribution in [3.05, 3.63) is 70.7 Å². The number of hydrogen-bond donors (Lipinski definition) is 1. The fourth-order valence-corrected chi connectivity index (χ4v) is 3.89. The molecule has 0 radical (unpaired) electrons. The summed E-state index contributed by atoms with van der Waals surface area (Å²) >= 11 is 0. The highest BCUT2D eigenvalue weighted by Gasteiger charge is 2.20. The molecule has 0 amide bonds. The summed E-state index contributed by atoms with van der Waals surface area (Å²) in [5, 5.41) is 8.72. The Morgan fingerprint density at radius 2 is 1.97 bits per heavy atom. The van der Waals surface area contributed by atoms with Gasteiger partial charge in [0.15, 0.2) is 0 Å². The second-order valence-electron chi connectivity index (χ2n) is 8.09. The smallest absolute Gasteiger partial charge is 0.147 e. The van der Waals surface area contributed by atoms with E-state index < -0.39 is 0 Å². The fourth-order valence-electron chi connectivity index (χ4n) is 3.89. The number of aliphatic imine (C=N–C) groups is 1. The highest BCUT2D eigenvalue weighted by atomic mass is 19.1. The SMILES string of the molecule is CCC(CC)c1ccc2c(c1)OCC/C(=C/N=C(C)N(C)c1ccc(C)cc1F)C2=N. The summed E-state index contributed by atoms with van der Waals surface area (Å²) in [5.74, 6) is 1.66. The van der Waals surface area contributed by atoms with Crippen LogP contribution in [0.5, 0.6) is 5.75 Å². The zero-order valence-electron chi connectivity index (χ0n) is 19.1. The van der Waals surface area contributed by atoms with Gasteiger partial charge in [-0.25, -0.2) is 9.38 Å². The summed E-state index contributed by atoms with van der Waals surface area (Å²) in [6, 6.07) is 11.3. The highest BCUT2D eigenvalue weighted by Crippen LogP contribution is 2.32. The van der Waals surface area contributed by atoms with Gasteiger partial charge in [0.2, 0.25) is 0 Å². The number of anilines is 1. The molecule has 0 atom stereocenters. The van der Waals surface area contributed by atoms with Crippen LogP contribution in [0, 0.1) is 18.2 Å². The van der Waals surface area contributed by atoms with Gasteiger partial charge in [-0.3, -0.25) is 5.41 Å². The molecule has 1 N–H and O–H groups in total. The molecule has 2 aromatic rings. The lowest BCUT2D eigenvalue weighted by Gasteiger charge is -2.19. The van der Waals surface area contributed by atoms with Crippen molar-refractivity contribution in [2.24, 2.45) is 4.99 Å². The van der Waals surface area contributed by atoms with E-state index in [4.69, 9.17) is 10.1 Å². The minimum Gasteiger partial charge on any atom is -0.493 e. The molecule has 0 bridgehead atoms. The number of ether oxygens (including phenoxy) is 1. The van der Waals surface area contributed by atoms with Crippen LogP contribution >= 0.6 is 0 Å². The molecule has 0 saturated heterocycles. The van der Waals surface area contributed by atoms with Crippen molar-refractivity contribution in [1.29, 1.82) is 5.41 Å². The first-order valence-corrected chi connectivity index (χ1v) is 10.9. The zero-order valence-corrected chi connectivity index (χ0v) is 19.1. The zero-order chi connectivity index (χ0) is 22.5. The lowest BCUT2D eigenvalue weighted by molar-refractivity contribution is 0.325. The number of nitrogens with zero attached hydrogens (tertiary/aromatic N) is 2. The third-order valence-electron chi connectivity index (χ3n) is 6.04. The van der Waals surface area contributed by atoms with Gasteiger partial charge in [0.25, 0.3) is 0 Å². The Hall–Kier alpha value is -2.95.